The first-order valence-electron chi connectivity index (χ1n) is 8.50. The summed E-state index contributed by atoms with van der Waals surface area (Å²) in [6, 6.07) is 18.0. The molecule has 0 saturated heterocycles. The maximum atomic E-state index is 6.13. The molecule has 0 radical (unpaired) electrons. The van der Waals surface area contributed by atoms with E-state index in [1.54, 1.807) is 11.0 Å². The van der Waals surface area contributed by atoms with E-state index >= 15 is 0 Å². The molecule has 0 aliphatic carbocycles. The van der Waals surface area contributed by atoms with Crippen molar-refractivity contribution in [2.24, 2.45) is 0 Å². The molecule has 26 heavy (non-hydrogen) atoms. The number of hydrogen-bond acceptors (Lipinski definition) is 4. The van der Waals surface area contributed by atoms with Gasteiger partial charge in [-0.3, -0.25) is 0 Å². The fourth-order valence-corrected chi connectivity index (χ4v) is 3.21. The molecule has 0 saturated carbocycles. The van der Waals surface area contributed by atoms with Gasteiger partial charge in [-0.25, -0.2) is 14.6 Å². The van der Waals surface area contributed by atoms with Crippen molar-refractivity contribution in [3.05, 3.63) is 77.7 Å². The van der Waals surface area contributed by atoms with Crippen molar-refractivity contribution >= 4 is 28.5 Å². The van der Waals surface area contributed by atoms with E-state index in [9.17, 15) is 0 Å². The highest BCUT2D eigenvalue weighted by atomic mass is 35.5. The van der Waals surface area contributed by atoms with Crippen LogP contribution in [-0.4, -0.2) is 26.3 Å². The summed E-state index contributed by atoms with van der Waals surface area (Å²) in [5, 5.41) is 6.11. The fourth-order valence-electron chi connectivity index (χ4n) is 3.02. The van der Waals surface area contributed by atoms with E-state index in [2.05, 4.69) is 51.2 Å². The van der Waals surface area contributed by atoms with Gasteiger partial charge in [-0.15, -0.1) is 0 Å². The summed E-state index contributed by atoms with van der Waals surface area (Å²) in [5.74, 6) is 0.884. The zero-order valence-corrected chi connectivity index (χ0v) is 15.1. The molecule has 5 nitrogen and oxygen atoms in total. The number of nitrogens with zero attached hydrogens (tertiary/aromatic N) is 5. The highest BCUT2D eigenvalue weighted by Gasteiger charge is 2.16. The van der Waals surface area contributed by atoms with E-state index < -0.39 is 0 Å². The molecule has 2 aromatic heterocycles. The third kappa shape index (κ3) is 3.13. The molecule has 0 unspecified atom stereocenters. The van der Waals surface area contributed by atoms with Crippen molar-refractivity contribution in [3.8, 4) is 5.69 Å². The van der Waals surface area contributed by atoms with Crippen molar-refractivity contribution in [1.29, 1.82) is 0 Å². The molecule has 4 rings (SSSR count). The quantitative estimate of drug-likeness (QED) is 0.524. The molecule has 2 heterocycles. The molecule has 0 bridgehead atoms. The smallest absolute Gasteiger partial charge is 0.168 e. The number of benzene rings is 2. The van der Waals surface area contributed by atoms with Gasteiger partial charge in [0.1, 0.15) is 12.1 Å². The van der Waals surface area contributed by atoms with Gasteiger partial charge in [0.2, 0.25) is 0 Å². The fraction of sp³-hybridized carbons (Fsp3) is 0.150. The monoisotopic (exact) mass is 363 g/mol. The van der Waals surface area contributed by atoms with Crippen LogP contribution in [0.5, 0.6) is 0 Å². The summed E-state index contributed by atoms with van der Waals surface area (Å²) in [6.45, 7) is 3.74. The number of halogens is 1. The first-order chi connectivity index (χ1) is 12.8. The zero-order valence-electron chi connectivity index (χ0n) is 14.4. The van der Waals surface area contributed by atoms with Gasteiger partial charge in [-0.05, 0) is 30.7 Å². The maximum absolute atomic E-state index is 6.13. The van der Waals surface area contributed by atoms with Crippen LogP contribution in [0.3, 0.4) is 0 Å². The highest BCUT2D eigenvalue weighted by Crippen LogP contribution is 2.26. The topological polar surface area (TPSA) is 46.8 Å². The van der Waals surface area contributed by atoms with Crippen molar-refractivity contribution in [2.45, 2.75) is 13.5 Å². The number of fused-ring (bicyclic) bond motifs is 1. The Hall–Kier alpha value is -2.92. The van der Waals surface area contributed by atoms with Gasteiger partial charge in [0, 0.05) is 18.1 Å². The minimum Gasteiger partial charge on any atom is -0.352 e. The number of rotatable bonds is 5. The minimum atomic E-state index is 0.666. The van der Waals surface area contributed by atoms with E-state index in [-0.39, 0.29) is 0 Å². The van der Waals surface area contributed by atoms with Gasteiger partial charge >= 0.3 is 0 Å². The lowest BCUT2D eigenvalue weighted by Gasteiger charge is -2.22. The summed E-state index contributed by atoms with van der Waals surface area (Å²) >= 11 is 6.13. The summed E-state index contributed by atoms with van der Waals surface area (Å²) in [4.78, 5) is 11.2. The average Bonchev–Trinajstić information content (AvgIpc) is 3.11. The van der Waals surface area contributed by atoms with Gasteiger partial charge < -0.3 is 4.90 Å². The Morgan fingerprint density at radius 1 is 1.04 bits per heavy atom. The number of aromatic nitrogens is 4. The molecule has 130 valence electrons. The Morgan fingerprint density at radius 2 is 1.88 bits per heavy atom. The molecular weight excluding hydrogens is 346 g/mol. The summed E-state index contributed by atoms with van der Waals surface area (Å²) in [6.07, 6.45) is 3.41. The molecule has 0 N–H and O–H groups in total. The van der Waals surface area contributed by atoms with Gasteiger partial charge in [0.15, 0.2) is 5.65 Å². The van der Waals surface area contributed by atoms with Gasteiger partial charge in [0.05, 0.1) is 17.3 Å². The van der Waals surface area contributed by atoms with Crippen LogP contribution >= 0.6 is 11.6 Å². The second-order valence-corrected chi connectivity index (χ2v) is 6.41. The van der Waals surface area contributed by atoms with Crippen LogP contribution in [0.2, 0.25) is 5.02 Å². The van der Waals surface area contributed by atoms with E-state index in [0.717, 1.165) is 35.6 Å². The lowest BCUT2D eigenvalue weighted by molar-refractivity contribution is 0.816. The van der Waals surface area contributed by atoms with Crippen LogP contribution in [0.1, 0.15) is 12.5 Å². The Kier molecular flexibility index (Phi) is 4.54. The lowest BCUT2D eigenvalue weighted by Crippen LogP contribution is -2.23. The van der Waals surface area contributed by atoms with Gasteiger partial charge in [-0.1, -0.05) is 48.0 Å². The second-order valence-electron chi connectivity index (χ2n) is 5.97. The zero-order chi connectivity index (χ0) is 17.9. The van der Waals surface area contributed by atoms with Crippen LogP contribution in [-0.2, 0) is 6.54 Å². The van der Waals surface area contributed by atoms with Crippen LogP contribution < -0.4 is 4.90 Å². The molecule has 2 aromatic carbocycles. The highest BCUT2D eigenvalue weighted by molar-refractivity contribution is 6.30. The van der Waals surface area contributed by atoms with Crippen LogP contribution in [0.15, 0.2) is 67.1 Å². The Labute approximate surface area is 156 Å². The summed E-state index contributed by atoms with van der Waals surface area (Å²) in [5.41, 5.74) is 2.88. The lowest BCUT2D eigenvalue weighted by atomic mass is 10.2. The SMILES string of the molecule is CCN(Cc1ccccc1)c1ncnc2c1cnn2-c1cccc(Cl)c1. The molecule has 0 spiro atoms. The van der Waals surface area contributed by atoms with Crippen molar-refractivity contribution in [1.82, 2.24) is 19.7 Å². The van der Waals surface area contributed by atoms with E-state index in [4.69, 9.17) is 11.6 Å². The second kappa shape index (κ2) is 7.14. The predicted octanol–water partition coefficient (Wildman–Crippen LogP) is 4.50. The number of anilines is 1. The van der Waals surface area contributed by atoms with E-state index in [1.807, 2.05) is 36.5 Å². The largest absolute Gasteiger partial charge is 0.352 e. The molecule has 4 aromatic rings. The third-order valence-electron chi connectivity index (χ3n) is 4.30. The minimum absolute atomic E-state index is 0.666. The molecule has 0 atom stereocenters. The van der Waals surface area contributed by atoms with E-state index in [0.29, 0.717) is 5.02 Å². The predicted molar refractivity (Wildman–Crippen MR) is 105 cm³/mol. The Balaban J connectivity index is 1.76. The maximum Gasteiger partial charge on any atom is 0.168 e. The molecule has 6 heteroatoms. The first kappa shape index (κ1) is 16.5. The van der Waals surface area contributed by atoms with Crippen LogP contribution in [0.25, 0.3) is 16.7 Å². The van der Waals surface area contributed by atoms with Crippen molar-refractivity contribution in [3.63, 3.8) is 0 Å². The molecule has 0 aliphatic heterocycles. The molecular formula is C20H18ClN5. The van der Waals surface area contributed by atoms with E-state index in [1.165, 1.54) is 5.56 Å². The van der Waals surface area contributed by atoms with Gasteiger partial charge in [-0.2, -0.15) is 5.10 Å². The standard InChI is InChI=1S/C20H18ClN5/c1-2-25(13-15-7-4-3-5-8-15)19-18-12-24-26(20(18)23-14-22-19)17-10-6-9-16(21)11-17/h3-12,14H,2,13H2,1H3. The van der Waals surface area contributed by atoms with Gasteiger partial charge in [0.25, 0.3) is 0 Å². The normalized spacial score (nSPS) is 11.0. The number of hydrogen-bond donors (Lipinski definition) is 0. The summed E-state index contributed by atoms with van der Waals surface area (Å²) in [7, 11) is 0. The Bertz CT molecular complexity index is 1030. The van der Waals surface area contributed by atoms with Crippen molar-refractivity contribution in [2.75, 3.05) is 11.4 Å². The van der Waals surface area contributed by atoms with Crippen molar-refractivity contribution < 1.29 is 0 Å². The molecule has 0 aliphatic rings. The molecule has 0 fully saturated rings. The van der Waals surface area contributed by atoms with Crippen LogP contribution in [0.4, 0.5) is 5.82 Å². The summed E-state index contributed by atoms with van der Waals surface area (Å²) < 4.78 is 1.79. The van der Waals surface area contributed by atoms with Crippen LogP contribution in [0, 0.1) is 0 Å². The Morgan fingerprint density at radius 3 is 2.65 bits per heavy atom. The third-order valence-corrected chi connectivity index (χ3v) is 4.53. The first-order valence-corrected chi connectivity index (χ1v) is 8.87. The average molecular weight is 364 g/mol. The molecule has 0 amide bonds.